The molecule has 58 heavy (non-hydrogen) atoms. The number of hydrogen-bond donors (Lipinski definition) is 2. The molecule has 4 atom stereocenters. The first-order chi connectivity index (χ1) is 27.0. The SMILES string of the molecule is CCC(c1ccccc1)c1cccc(C=N[C@H](c2ccccc2)[C@H](N=Cc2cccc(C(CC)c3ccccc3)c2O)c2ccccc2)c1O.F[P-](F)(F)(F)(F)F.[Mn]. The first-order valence-electron chi connectivity index (χ1n) is 18.5. The van der Waals surface area contributed by atoms with E-state index in [1.54, 1.807) is 12.4 Å². The van der Waals surface area contributed by atoms with Crippen molar-refractivity contribution < 1.29 is 52.5 Å². The van der Waals surface area contributed by atoms with Gasteiger partial charge in [0.2, 0.25) is 0 Å². The Morgan fingerprint density at radius 1 is 0.448 bits per heavy atom. The molecule has 6 aromatic carbocycles. The van der Waals surface area contributed by atoms with E-state index in [4.69, 9.17) is 9.98 Å². The van der Waals surface area contributed by atoms with Gasteiger partial charge in [0, 0.05) is 63.6 Å². The summed E-state index contributed by atoms with van der Waals surface area (Å²) in [6, 6.07) is 51.9. The minimum absolute atomic E-state index is 0. The molecule has 0 bridgehead atoms. The van der Waals surface area contributed by atoms with Gasteiger partial charge in [0.1, 0.15) is 23.6 Å². The summed E-state index contributed by atoms with van der Waals surface area (Å²) < 4.78 is 59.2. The third-order valence-electron chi connectivity index (χ3n) is 9.50. The van der Waals surface area contributed by atoms with Gasteiger partial charge in [-0.3, -0.25) is 9.98 Å². The molecule has 1 radical (unpaired) electrons. The van der Waals surface area contributed by atoms with Gasteiger partial charge in [0.15, 0.2) is 0 Å². The molecule has 2 unspecified atom stereocenters. The molecule has 12 heteroatoms. The Hall–Kier alpha value is -5.21. The zero-order chi connectivity index (χ0) is 41.1. The van der Waals surface area contributed by atoms with E-state index >= 15 is 0 Å². The fourth-order valence-electron chi connectivity index (χ4n) is 6.89. The number of aliphatic imine (C=N–C) groups is 2. The Morgan fingerprint density at radius 2 is 0.724 bits per heavy atom. The van der Waals surface area contributed by atoms with E-state index in [1.165, 1.54) is 11.1 Å². The van der Waals surface area contributed by atoms with Crippen molar-refractivity contribution in [1.29, 1.82) is 0 Å². The largest absolute Gasteiger partial charge is 0 e. The standard InChI is InChI=1S/C46H44N2O2.F6P.Mn/c1-3-39(33-19-9-5-10-20-33)41-29-17-27-37(45(41)49)31-47-43(35-23-13-7-14-24-35)44(36-25-15-8-16-26-36)48-32-38-28-18-30-42(46(38)50)40(4-2)34-21-11-6-12-22-34;1-7(2,3,4,5)6;/h5-32,39-40,43-44,49-50H,3-4H2,1-2H3;;/q;-1;/t39?,40?,43-,44-;;/m1../s1. The minimum Gasteiger partial charge on any atom is 0 e. The summed E-state index contributed by atoms with van der Waals surface area (Å²) in [6.07, 6.45) is 5.27. The normalized spacial score (nSPS) is 14.9. The van der Waals surface area contributed by atoms with Crippen molar-refractivity contribution in [3.63, 3.8) is 0 Å². The van der Waals surface area contributed by atoms with Crippen LogP contribution in [0.4, 0.5) is 25.2 Å². The van der Waals surface area contributed by atoms with Crippen LogP contribution in [0.5, 0.6) is 11.5 Å². The Kier molecular flexibility index (Phi) is 14.9. The van der Waals surface area contributed by atoms with Crippen LogP contribution < -0.4 is 0 Å². The molecule has 0 fully saturated rings. The van der Waals surface area contributed by atoms with Gasteiger partial charge in [0.25, 0.3) is 0 Å². The molecule has 0 saturated heterocycles. The molecule has 0 aliphatic carbocycles. The number of phenolic OH excluding ortho intramolecular Hbond substituents is 2. The van der Waals surface area contributed by atoms with Crippen molar-refractivity contribution in [3.05, 3.63) is 202 Å². The number of rotatable bonds is 13. The van der Waals surface area contributed by atoms with E-state index in [2.05, 4.69) is 62.4 Å². The summed E-state index contributed by atoms with van der Waals surface area (Å²) in [5.74, 6) is 0.607. The molecule has 305 valence electrons. The summed E-state index contributed by atoms with van der Waals surface area (Å²) in [6.45, 7) is 4.28. The van der Waals surface area contributed by atoms with Crippen LogP contribution in [0.15, 0.2) is 168 Å². The number of halogens is 6. The van der Waals surface area contributed by atoms with E-state index < -0.39 is 19.9 Å². The van der Waals surface area contributed by atoms with Gasteiger partial charge in [-0.05, 0) is 47.2 Å². The van der Waals surface area contributed by atoms with Crippen molar-refractivity contribution in [2.75, 3.05) is 0 Å². The maximum Gasteiger partial charge on any atom is 0 e. The van der Waals surface area contributed by atoms with Crippen molar-refractivity contribution in [2.24, 2.45) is 9.98 Å². The van der Waals surface area contributed by atoms with Crippen LogP contribution in [-0.2, 0) is 17.1 Å². The Bertz CT molecular complexity index is 2110. The van der Waals surface area contributed by atoms with E-state index in [9.17, 15) is 35.4 Å². The van der Waals surface area contributed by atoms with Crippen molar-refractivity contribution >= 4 is 20.2 Å². The van der Waals surface area contributed by atoms with Crippen LogP contribution in [0.1, 0.15) is 95.1 Å². The van der Waals surface area contributed by atoms with Gasteiger partial charge in [-0.15, -0.1) is 0 Å². The van der Waals surface area contributed by atoms with Crippen LogP contribution in [0, 0.1) is 0 Å². The third kappa shape index (κ3) is 13.4. The first kappa shape index (κ1) is 45.5. The van der Waals surface area contributed by atoms with Crippen molar-refractivity contribution in [1.82, 2.24) is 0 Å². The molecule has 0 spiro atoms. The summed E-state index contributed by atoms with van der Waals surface area (Å²) in [5.41, 5.74) is 7.41. The second kappa shape index (κ2) is 19.0. The molecule has 2 N–H and O–H groups in total. The Labute approximate surface area is 345 Å². The molecule has 0 aromatic heterocycles. The van der Waals surface area contributed by atoms with Crippen molar-refractivity contribution in [3.8, 4) is 11.5 Å². The molecule has 6 aromatic rings. The van der Waals surface area contributed by atoms with Crippen LogP contribution in [-0.4, -0.2) is 22.6 Å². The van der Waals surface area contributed by atoms with E-state index in [-0.39, 0.29) is 40.4 Å². The van der Waals surface area contributed by atoms with Crippen molar-refractivity contribution in [2.45, 2.75) is 50.6 Å². The quantitative estimate of drug-likeness (QED) is 0.0526. The second-order valence-corrected chi connectivity index (χ2v) is 15.5. The van der Waals surface area contributed by atoms with Gasteiger partial charge in [-0.25, -0.2) is 0 Å². The van der Waals surface area contributed by atoms with E-state index in [0.717, 1.165) is 35.1 Å². The van der Waals surface area contributed by atoms with Gasteiger partial charge in [-0.2, -0.15) is 0 Å². The second-order valence-electron chi connectivity index (χ2n) is 13.5. The predicted molar refractivity (Wildman–Crippen MR) is 220 cm³/mol. The number of phenols is 2. The average Bonchev–Trinajstić information content (AvgIpc) is 3.19. The van der Waals surface area contributed by atoms with Crippen LogP contribution in [0.3, 0.4) is 0 Å². The average molecular weight is 857 g/mol. The molecule has 0 heterocycles. The molecule has 0 aliphatic rings. The molecule has 6 rings (SSSR count). The van der Waals surface area contributed by atoms with Gasteiger partial charge in [-0.1, -0.05) is 159 Å². The maximum atomic E-state index is 11.6. The smallest absolute Gasteiger partial charge is 0 e. The molecular weight excluding hydrogens is 812 g/mol. The number of nitrogens with zero attached hydrogens (tertiary/aromatic N) is 2. The van der Waals surface area contributed by atoms with Crippen LogP contribution in [0.2, 0.25) is 0 Å². The monoisotopic (exact) mass is 856 g/mol. The van der Waals surface area contributed by atoms with Gasteiger partial charge < -0.3 is 10.2 Å². The number of aromatic hydroxyl groups is 2. The van der Waals surface area contributed by atoms with E-state index in [1.807, 2.05) is 109 Å². The molecular formula is C46H44F6MnN2O2P-. The summed E-state index contributed by atoms with van der Waals surface area (Å²) in [4.78, 5) is 10.3. The summed E-state index contributed by atoms with van der Waals surface area (Å²) in [5, 5.41) is 23.2. The molecule has 0 amide bonds. The van der Waals surface area contributed by atoms with Crippen LogP contribution >= 0.6 is 7.81 Å². The molecule has 0 aliphatic heterocycles. The number of hydrogen-bond acceptors (Lipinski definition) is 4. The predicted octanol–water partition coefficient (Wildman–Crippen LogP) is 14.6. The minimum atomic E-state index is -10.7. The maximum absolute atomic E-state index is 11.6. The zero-order valence-electron chi connectivity index (χ0n) is 31.8. The zero-order valence-corrected chi connectivity index (χ0v) is 33.8. The fraction of sp³-hybridized carbons (Fsp3) is 0.174. The molecule has 4 nitrogen and oxygen atoms in total. The third-order valence-corrected chi connectivity index (χ3v) is 9.50. The Balaban J connectivity index is 0.000000853. The fourth-order valence-corrected chi connectivity index (χ4v) is 6.89. The molecule has 0 saturated carbocycles. The van der Waals surface area contributed by atoms with Gasteiger partial charge in [0.05, 0.1) is 0 Å². The summed E-state index contributed by atoms with van der Waals surface area (Å²) >= 11 is 0. The first-order valence-corrected chi connectivity index (χ1v) is 20.5. The number of para-hydroxylation sites is 2. The van der Waals surface area contributed by atoms with Crippen LogP contribution in [0.25, 0.3) is 0 Å². The van der Waals surface area contributed by atoms with Gasteiger partial charge >= 0.3 is 33.0 Å². The number of benzene rings is 6. The Morgan fingerprint density at radius 3 is 1.00 bits per heavy atom. The topological polar surface area (TPSA) is 65.2 Å². The van der Waals surface area contributed by atoms with E-state index in [0.29, 0.717) is 11.1 Å². The summed E-state index contributed by atoms with van der Waals surface area (Å²) in [7, 11) is -10.7.